The largest absolute Gasteiger partial charge is 0.506 e. The van der Waals surface area contributed by atoms with Gasteiger partial charge < -0.3 is 44.7 Å². The number of aliphatic hydroxyl groups excluding tert-OH is 4. The Hall–Kier alpha value is -2.29. The summed E-state index contributed by atoms with van der Waals surface area (Å²) in [7, 11) is 3.02. The number of aliphatic hydroxyl groups is 4. The van der Waals surface area contributed by atoms with Gasteiger partial charge in [-0.05, 0) is 67.9 Å². The van der Waals surface area contributed by atoms with Crippen LogP contribution in [0.25, 0.3) is 0 Å². The van der Waals surface area contributed by atoms with Crippen molar-refractivity contribution in [3.8, 4) is 5.75 Å². The number of ether oxygens (including phenoxy) is 4. The number of hydrogen-bond acceptors (Lipinski definition) is 11. The van der Waals surface area contributed by atoms with Crippen LogP contribution in [0.2, 0.25) is 0 Å². The van der Waals surface area contributed by atoms with Crippen molar-refractivity contribution >= 4 is 5.91 Å². The van der Waals surface area contributed by atoms with E-state index in [0.29, 0.717) is 29.2 Å². The van der Waals surface area contributed by atoms with Crippen molar-refractivity contribution in [3.63, 3.8) is 0 Å². The average molecular weight is 606 g/mol. The van der Waals surface area contributed by atoms with Crippen LogP contribution in [-0.4, -0.2) is 89.0 Å². The van der Waals surface area contributed by atoms with Gasteiger partial charge in [-0.15, -0.1) is 0 Å². The summed E-state index contributed by atoms with van der Waals surface area (Å²) >= 11 is 0. The Balaban J connectivity index is 1.33. The molecule has 2 heterocycles. The molecule has 2 aliphatic heterocycles. The number of methoxy groups -OCH3 is 2. The highest BCUT2D eigenvalue weighted by atomic mass is 17.3. The molecule has 2 saturated heterocycles. The molecule has 7 rings (SSSR count). The monoisotopic (exact) mass is 605 g/mol. The Bertz CT molecular complexity index is 1190. The van der Waals surface area contributed by atoms with Gasteiger partial charge in [0, 0.05) is 33.1 Å². The van der Waals surface area contributed by atoms with Crippen molar-refractivity contribution in [2.75, 3.05) is 20.8 Å². The first-order chi connectivity index (χ1) is 20.5. The van der Waals surface area contributed by atoms with Crippen LogP contribution in [0.15, 0.2) is 36.6 Å². The van der Waals surface area contributed by atoms with Crippen LogP contribution in [0.4, 0.5) is 0 Å². The SMILES string of the molecule is C=C(O)C1(Oc2cccc(C3(OC)OOC34C3CC5CC(C3)CC4C5)c2)CC(OC)C(NC(C)=O)C([C@H](O)[C@H](O)CO)O1. The lowest BCUT2D eigenvalue weighted by Crippen LogP contribution is -2.76. The molecule has 0 aromatic heterocycles. The fraction of sp³-hybridized carbons (Fsp3) is 0.710. The maximum Gasteiger partial charge on any atom is 0.271 e. The Morgan fingerprint density at radius 1 is 1.12 bits per heavy atom. The van der Waals surface area contributed by atoms with Crippen LogP contribution in [-0.2, 0) is 34.6 Å². The number of rotatable bonds is 10. The predicted octanol–water partition coefficient (Wildman–Crippen LogP) is 1.81. The van der Waals surface area contributed by atoms with Gasteiger partial charge in [0.2, 0.25) is 5.91 Å². The summed E-state index contributed by atoms with van der Waals surface area (Å²) in [5.41, 5.74) is 0.0721. The summed E-state index contributed by atoms with van der Waals surface area (Å²) in [5.74, 6) is -1.73. The quantitative estimate of drug-likeness (QED) is 0.195. The molecule has 1 spiro atoms. The van der Waals surface area contributed by atoms with Gasteiger partial charge in [-0.3, -0.25) is 4.79 Å². The standard InChI is InChI=1S/C31H43NO11/c1-16(34)29(14-25(38-3)26(32-17(2)35)28(41-29)27(37)24(36)15-33)40-23-7-5-6-20(13-23)31(39-4)30(42-43-31)21-9-18-8-19(11-21)12-22(30)10-18/h5-7,13,18-19,21-22,24-28,33-34,36-37H,1,8-12,14-15H2,2-4H3,(H,32,35)/t18?,19?,21?,22?,24-,25?,26?,27-,28?,29?,30?,31?/m1/s1. The normalized spacial score (nSPS) is 42.7. The molecule has 12 heteroatoms. The molecule has 6 aliphatic rings. The molecule has 5 unspecified atom stereocenters. The average Bonchev–Trinajstić information content (AvgIpc) is 2.96. The number of carbonyl (C=O) groups is 1. The van der Waals surface area contributed by atoms with Crippen molar-refractivity contribution in [1.29, 1.82) is 0 Å². The number of hydrogen-bond donors (Lipinski definition) is 5. The Morgan fingerprint density at radius 3 is 2.30 bits per heavy atom. The predicted molar refractivity (Wildman–Crippen MR) is 149 cm³/mol. The van der Waals surface area contributed by atoms with E-state index in [4.69, 9.17) is 28.7 Å². The molecule has 1 aromatic carbocycles. The minimum atomic E-state index is -1.95. The van der Waals surface area contributed by atoms with E-state index in [1.54, 1.807) is 25.3 Å². The Morgan fingerprint density at radius 2 is 1.79 bits per heavy atom. The molecule has 5 N–H and O–H groups in total. The molecular formula is C31H43NO11. The third kappa shape index (κ3) is 4.69. The zero-order chi connectivity index (χ0) is 30.7. The van der Waals surface area contributed by atoms with Gasteiger partial charge in [0.05, 0.1) is 18.8 Å². The molecule has 12 nitrogen and oxygen atoms in total. The molecule has 4 bridgehead atoms. The highest BCUT2D eigenvalue weighted by molar-refractivity contribution is 5.73. The van der Waals surface area contributed by atoms with Gasteiger partial charge >= 0.3 is 0 Å². The van der Waals surface area contributed by atoms with Gasteiger partial charge in [0.1, 0.15) is 24.1 Å². The number of benzene rings is 1. The van der Waals surface area contributed by atoms with Gasteiger partial charge in [-0.2, -0.15) is 4.89 Å². The maximum absolute atomic E-state index is 12.0. The molecule has 1 aromatic rings. The van der Waals surface area contributed by atoms with E-state index in [-0.39, 0.29) is 12.2 Å². The summed E-state index contributed by atoms with van der Waals surface area (Å²) in [6.45, 7) is 4.22. The van der Waals surface area contributed by atoms with Crippen molar-refractivity contribution in [2.24, 2.45) is 23.7 Å². The third-order valence-electron chi connectivity index (χ3n) is 10.5. The summed E-state index contributed by atoms with van der Waals surface area (Å²) in [6, 6.07) is 6.16. The highest BCUT2D eigenvalue weighted by Gasteiger charge is 2.76. The Labute approximate surface area is 250 Å². The lowest BCUT2D eigenvalue weighted by molar-refractivity contribution is -0.645. The number of amides is 1. The van der Waals surface area contributed by atoms with Crippen molar-refractivity contribution in [1.82, 2.24) is 5.32 Å². The molecule has 6 fully saturated rings. The first-order valence-corrected chi connectivity index (χ1v) is 15.1. The smallest absolute Gasteiger partial charge is 0.271 e. The number of carbonyl (C=O) groups excluding carboxylic acids is 1. The lowest BCUT2D eigenvalue weighted by Gasteiger charge is -2.68. The van der Waals surface area contributed by atoms with Crippen LogP contribution in [0.1, 0.15) is 51.0 Å². The second kappa shape index (κ2) is 11.3. The maximum atomic E-state index is 12.0. The highest BCUT2D eigenvalue weighted by Crippen LogP contribution is 2.69. The molecule has 1 amide bonds. The van der Waals surface area contributed by atoms with Gasteiger partial charge in [-0.1, -0.05) is 18.7 Å². The van der Waals surface area contributed by atoms with Gasteiger partial charge in [-0.25, -0.2) is 4.89 Å². The Kier molecular flexibility index (Phi) is 8.04. The summed E-state index contributed by atoms with van der Waals surface area (Å²) in [5, 5.41) is 44.3. The van der Waals surface area contributed by atoms with E-state index in [1.165, 1.54) is 20.5 Å². The molecule has 238 valence electrons. The van der Waals surface area contributed by atoms with Gasteiger partial charge in [0.15, 0.2) is 11.4 Å². The first kappa shape index (κ1) is 30.7. The zero-order valence-corrected chi connectivity index (χ0v) is 24.8. The molecule has 43 heavy (non-hydrogen) atoms. The second-order valence-corrected chi connectivity index (χ2v) is 12.9. The topological polar surface area (TPSA) is 165 Å². The van der Waals surface area contributed by atoms with Crippen molar-refractivity contribution < 1.29 is 53.9 Å². The fourth-order valence-electron chi connectivity index (χ4n) is 8.82. The van der Waals surface area contributed by atoms with E-state index in [1.807, 2.05) is 6.07 Å². The minimum absolute atomic E-state index is 0.127. The fourth-order valence-corrected chi connectivity index (χ4v) is 8.82. The number of nitrogens with one attached hydrogen (secondary N) is 1. The summed E-state index contributed by atoms with van der Waals surface area (Å²) in [4.78, 5) is 24.0. The van der Waals surface area contributed by atoms with Crippen LogP contribution < -0.4 is 10.1 Å². The van der Waals surface area contributed by atoms with E-state index in [2.05, 4.69) is 11.9 Å². The van der Waals surface area contributed by atoms with Crippen molar-refractivity contribution in [2.45, 2.75) is 93.1 Å². The van der Waals surface area contributed by atoms with E-state index >= 15 is 0 Å². The van der Waals surface area contributed by atoms with Crippen molar-refractivity contribution in [3.05, 3.63) is 42.2 Å². The van der Waals surface area contributed by atoms with Crippen LogP contribution in [0, 0.1) is 23.7 Å². The summed E-state index contributed by atoms with van der Waals surface area (Å²) in [6.07, 6.45) is -0.0162. The second-order valence-electron chi connectivity index (χ2n) is 12.9. The third-order valence-corrected chi connectivity index (χ3v) is 10.5. The zero-order valence-electron chi connectivity index (χ0n) is 24.8. The molecule has 7 atom stereocenters. The minimum Gasteiger partial charge on any atom is -0.506 e. The van der Waals surface area contributed by atoms with E-state index in [9.17, 15) is 25.2 Å². The molecule has 4 saturated carbocycles. The molecule has 4 aliphatic carbocycles. The molecule has 0 radical (unpaired) electrons. The lowest BCUT2D eigenvalue weighted by atomic mass is 9.47. The van der Waals surface area contributed by atoms with E-state index in [0.717, 1.165) is 25.7 Å². The molecular weight excluding hydrogens is 562 g/mol. The van der Waals surface area contributed by atoms with E-state index < -0.39 is 65.9 Å². The van der Waals surface area contributed by atoms with Crippen LogP contribution in [0.3, 0.4) is 0 Å². The first-order valence-electron chi connectivity index (χ1n) is 15.1. The van der Waals surface area contributed by atoms with Crippen LogP contribution >= 0.6 is 0 Å². The van der Waals surface area contributed by atoms with Crippen LogP contribution in [0.5, 0.6) is 5.75 Å². The summed E-state index contributed by atoms with van der Waals surface area (Å²) < 4.78 is 24.4. The van der Waals surface area contributed by atoms with Gasteiger partial charge in [0.25, 0.3) is 11.6 Å².